The Morgan fingerprint density at radius 3 is 2.09 bits per heavy atom. The van der Waals surface area contributed by atoms with Crippen LogP contribution < -0.4 is 15.9 Å². The van der Waals surface area contributed by atoms with Gasteiger partial charge in [-0.25, -0.2) is 9.59 Å². The van der Waals surface area contributed by atoms with Gasteiger partial charge in [-0.15, -0.1) is 0 Å². The fourth-order valence-electron chi connectivity index (χ4n) is 3.39. The zero-order valence-electron chi connectivity index (χ0n) is 18.1. The average molecular weight is 512 g/mol. The van der Waals surface area contributed by atoms with Gasteiger partial charge in [0.05, 0.1) is 11.0 Å². The van der Waals surface area contributed by atoms with E-state index in [0.29, 0.717) is 5.69 Å². The number of alkyl halides is 6. The van der Waals surface area contributed by atoms with Crippen LogP contribution in [-0.2, 0) is 9.59 Å². The first-order valence-electron chi connectivity index (χ1n) is 10.3. The van der Waals surface area contributed by atoms with Crippen LogP contribution in [0.2, 0.25) is 0 Å². The monoisotopic (exact) mass is 512 g/mol. The average Bonchev–Trinajstić information content (AvgIpc) is 3.42. The molecule has 9 nitrogen and oxygen atoms in total. The lowest BCUT2D eigenvalue weighted by Gasteiger charge is -2.16. The number of hydrogen-bond donors (Lipinski definition) is 4. The van der Waals surface area contributed by atoms with Gasteiger partial charge in [-0.05, 0) is 44.0 Å². The summed E-state index contributed by atoms with van der Waals surface area (Å²) in [6, 6.07) is 1.96. The van der Waals surface area contributed by atoms with Gasteiger partial charge in [-0.2, -0.15) is 26.3 Å². The number of hydrogen-bond acceptors (Lipinski definition) is 7. The molecule has 0 bridgehead atoms. The summed E-state index contributed by atoms with van der Waals surface area (Å²) in [4.78, 5) is 29.2. The molecule has 0 atom stereocenters. The van der Waals surface area contributed by atoms with Crippen LogP contribution in [0.25, 0.3) is 5.57 Å². The Kier molecular flexibility index (Phi) is 9.06. The van der Waals surface area contributed by atoms with Gasteiger partial charge in [-0.3, -0.25) is 9.98 Å². The number of nitrogens with one attached hydrogen (secondary N) is 1. The van der Waals surface area contributed by atoms with Gasteiger partial charge >= 0.3 is 24.3 Å². The second-order valence-electron chi connectivity index (χ2n) is 7.51. The van der Waals surface area contributed by atoms with Crippen molar-refractivity contribution in [3.8, 4) is 5.75 Å². The van der Waals surface area contributed by atoms with Crippen molar-refractivity contribution in [3.63, 3.8) is 0 Å². The number of aliphatic imine (C=N–C) groups is 1. The van der Waals surface area contributed by atoms with Crippen LogP contribution in [0.1, 0.15) is 19.3 Å². The minimum Gasteiger partial charge on any atom is -0.504 e. The number of phenols is 1. The Morgan fingerprint density at radius 1 is 1.03 bits per heavy atom. The van der Waals surface area contributed by atoms with Crippen LogP contribution >= 0.6 is 0 Å². The molecule has 0 radical (unpaired) electrons. The van der Waals surface area contributed by atoms with Crippen LogP contribution in [-0.4, -0.2) is 83.4 Å². The molecule has 0 aliphatic carbocycles. The highest BCUT2D eigenvalue weighted by Gasteiger charge is 2.38. The third-order valence-electron chi connectivity index (χ3n) is 5.01. The third kappa shape index (κ3) is 7.83. The Morgan fingerprint density at radius 2 is 1.57 bits per heavy atom. The minimum atomic E-state index is -5.08. The molecule has 0 unspecified atom stereocenters. The lowest BCUT2D eigenvalue weighted by Crippen LogP contribution is -2.31. The largest absolute Gasteiger partial charge is 0.504 e. The summed E-state index contributed by atoms with van der Waals surface area (Å²) >= 11 is 0. The zero-order valence-corrected chi connectivity index (χ0v) is 18.1. The molecule has 0 spiro atoms. The van der Waals surface area contributed by atoms with E-state index in [0.717, 1.165) is 42.3 Å². The Hall–Kier alpha value is -3.36. The van der Waals surface area contributed by atoms with E-state index in [4.69, 9.17) is 19.8 Å². The van der Waals surface area contributed by atoms with E-state index in [2.05, 4.69) is 20.2 Å². The molecule has 194 valence electrons. The van der Waals surface area contributed by atoms with Crippen LogP contribution in [0.5, 0.6) is 5.75 Å². The quantitative estimate of drug-likeness (QED) is 0.358. The molecule has 0 amide bonds. The van der Waals surface area contributed by atoms with Crippen LogP contribution in [0.3, 0.4) is 0 Å². The number of nitrogens with zero attached hydrogens (tertiary/aromatic N) is 3. The summed E-state index contributed by atoms with van der Waals surface area (Å²) in [6.07, 6.45) is -4.76. The molecule has 1 fully saturated rings. The van der Waals surface area contributed by atoms with Gasteiger partial charge in [0.15, 0.2) is 5.75 Å². The Balaban J connectivity index is 0.000000257. The van der Waals surface area contributed by atoms with Crippen molar-refractivity contribution < 1.29 is 51.3 Å². The number of benzene rings is 1. The SMILES string of the molecule is O=C(O)C(F)(F)F.O=C(O)C(F)(F)F.Oc1c(NCCN2CCCC2)cc2c3c1N=CC=3CCN=2. The number of carbonyl (C=O) groups is 2. The molecular formula is C20H22F6N4O5. The summed E-state index contributed by atoms with van der Waals surface area (Å²) in [7, 11) is 0. The molecule has 0 saturated carbocycles. The lowest BCUT2D eigenvalue weighted by atomic mass is 10.1. The van der Waals surface area contributed by atoms with Crippen molar-refractivity contribution in [2.75, 3.05) is 38.0 Å². The number of likely N-dealkylation sites (tertiary alicyclic amines) is 1. The van der Waals surface area contributed by atoms with E-state index in [1.54, 1.807) is 0 Å². The van der Waals surface area contributed by atoms with E-state index in [1.807, 2.05) is 12.3 Å². The van der Waals surface area contributed by atoms with Crippen molar-refractivity contribution >= 4 is 35.1 Å². The highest BCUT2D eigenvalue weighted by atomic mass is 19.4. The number of carboxylic acids is 2. The molecule has 3 aliphatic heterocycles. The highest BCUT2D eigenvalue weighted by molar-refractivity contribution is 6.08. The van der Waals surface area contributed by atoms with Gasteiger partial charge in [0.25, 0.3) is 0 Å². The second kappa shape index (κ2) is 11.4. The Bertz CT molecular complexity index is 1070. The standard InChI is InChI=1S/C16H20N4O.2C2HF3O2/c21-16-13(18-5-8-20-6-1-2-7-20)9-12-14-11(3-4-17-12)10-19-15(14)16;2*3-2(4,5)1(6)7/h9-10,18,21H,1-8H2;2*(H,6,7). The molecule has 4 rings (SSSR count). The van der Waals surface area contributed by atoms with Crippen molar-refractivity contribution in [2.24, 2.45) is 9.98 Å². The van der Waals surface area contributed by atoms with Crippen LogP contribution in [0.4, 0.5) is 37.7 Å². The van der Waals surface area contributed by atoms with Crippen molar-refractivity contribution in [1.82, 2.24) is 4.90 Å². The molecule has 1 saturated heterocycles. The molecular weight excluding hydrogens is 490 g/mol. The molecule has 4 N–H and O–H groups in total. The number of aromatic hydroxyl groups is 1. The van der Waals surface area contributed by atoms with Crippen molar-refractivity contribution in [3.05, 3.63) is 16.6 Å². The van der Waals surface area contributed by atoms with Gasteiger partial charge < -0.3 is 25.5 Å². The maximum absolute atomic E-state index is 10.6. The number of halogens is 6. The third-order valence-corrected chi connectivity index (χ3v) is 5.01. The number of anilines is 1. The van der Waals surface area contributed by atoms with Gasteiger partial charge in [0.1, 0.15) is 5.69 Å². The van der Waals surface area contributed by atoms with Crippen molar-refractivity contribution in [2.45, 2.75) is 31.6 Å². The zero-order chi connectivity index (χ0) is 26.4. The normalized spacial score (nSPS) is 16.3. The first-order valence-corrected chi connectivity index (χ1v) is 10.3. The predicted octanol–water partition coefficient (Wildman–Crippen LogP) is 2.06. The lowest BCUT2D eigenvalue weighted by molar-refractivity contribution is -0.193. The number of rotatable bonds is 4. The number of aliphatic carboxylic acids is 2. The maximum Gasteiger partial charge on any atom is 0.490 e. The van der Waals surface area contributed by atoms with Gasteiger partial charge in [0.2, 0.25) is 0 Å². The van der Waals surface area contributed by atoms with Crippen LogP contribution in [0, 0.1) is 0 Å². The Labute approximate surface area is 194 Å². The maximum atomic E-state index is 10.6. The van der Waals surface area contributed by atoms with E-state index in [9.17, 15) is 31.4 Å². The molecule has 35 heavy (non-hydrogen) atoms. The van der Waals surface area contributed by atoms with Crippen molar-refractivity contribution in [1.29, 1.82) is 0 Å². The number of phenolic OH excluding ortho intramolecular Hbond substituents is 1. The van der Waals surface area contributed by atoms with Gasteiger partial charge in [-0.1, -0.05) is 0 Å². The summed E-state index contributed by atoms with van der Waals surface area (Å²) < 4.78 is 63.5. The smallest absolute Gasteiger partial charge is 0.490 e. The summed E-state index contributed by atoms with van der Waals surface area (Å²) in [5, 5.41) is 30.0. The predicted molar refractivity (Wildman–Crippen MR) is 111 cm³/mol. The van der Waals surface area contributed by atoms with E-state index in [1.165, 1.54) is 31.5 Å². The number of carboxylic acid groups (broad SMARTS) is 2. The first kappa shape index (κ1) is 27.9. The van der Waals surface area contributed by atoms with E-state index >= 15 is 0 Å². The summed E-state index contributed by atoms with van der Waals surface area (Å²) in [5.74, 6) is -5.25. The van der Waals surface area contributed by atoms with Gasteiger partial charge in [0, 0.05) is 31.1 Å². The highest BCUT2D eigenvalue weighted by Crippen LogP contribution is 2.32. The first-order chi connectivity index (χ1) is 16.2. The minimum absolute atomic E-state index is 0.263. The fraction of sp³-hybridized carbons (Fsp3) is 0.500. The summed E-state index contributed by atoms with van der Waals surface area (Å²) in [6.45, 7) is 5.06. The van der Waals surface area contributed by atoms with E-state index < -0.39 is 24.3 Å². The molecule has 1 aromatic carbocycles. The topological polar surface area (TPSA) is 135 Å². The molecule has 15 heteroatoms. The van der Waals surface area contributed by atoms with Crippen LogP contribution in [0.15, 0.2) is 16.1 Å². The second-order valence-corrected chi connectivity index (χ2v) is 7.51. The van der Waals surface area contributed by atoms with E-state index in [-0.39, 0.29) is 5.75 Å². The molecule has 3 aliphatic rings. The molecule has 1 aromatic rings. The molecule has 3 heterocycles. The summed E-state index contributed by atoms with van der Waals surface area (Å²) in [5.41, 5.74) is 2.65. The molecule has 0 aromatic heterocycles. The fourth-order valence-corrected chi connectivity index (χ4v) is 3.39.